The van der Waals surface area contributed by atoms with Crippen LogP contribution in [0.2, 0.25) is 0 Å². The van der Waals surface area contributed by atoms with Crippen LogP contribution in [0.1, 0.15) is 35.8 Å². The number of para-hydroxylation sites is 2. The number of anilines is 2. The quantitative estimate of drug-likeness (QED) is 0.258. The third-order valence-electron chi connectivity index (χ3n) is 6.24. The van der Waals surface area contributed by atoms with E-state index in [-0.39, 0.29) is 23.2 Å². The number of sulfonamides is 1. The van der Waals surface area contributed by atoms with Crippen LogP contribution in [0.4, 0.5) is 11.4 Å². The van der Waals surface area contributed by atoms with Gasteiger partial charge in [0.05, 0.1) is 29.2 Å². The minimum absolute atomic E-state index is 0.258. The first-order chi connectivity index (χ1) is 19.1. The smallest absolute Gasteiger partial charge is 0.253 e. The maximum Gasteiger partial charge on any atom is 0.253 e. The van der Waals surface area contributed by atoms with E-state index in [0.717, 1.165) is 16.1 Å². The summed E-state index contributed by atoms with van der Waals surface area (Å²) in [5.74, 6) is 0.203. The lowest BCUT2D eigenvalue weighted by molar-refractivity contribution is -0.116. The molecule has 206 valence electrons. The Morgan fingerprint density at radius 3 is 1.93 bits per heavy atom. The van der Waals surface area contributed by atoms with E-state index < -0.39 is 22.0 Å². The zero-order valence-electron chi connectivity index (χ0n) is 22.4. The fourth-order valence-electron chi connectivity index (χ4n) is 4.22. The molecule has 0 saturated heterocycles. The van der Waals surface area contributed by atoms with Gasteiger partial charge in [-0.25, -0.2) is 8.42 Å². The van der Waals surface area contributed by atoms with Gasteiger partial charge in [-0.2, -0.15) is 0 Å². The highest BCUT2D eigenvalue weighted by Gasteiger charge is 2.30. The van der Waals surface area contributed by atoms with Gasteiger partial charge < -0.3 is 15.4 Å². The second-order valence-electron chi connectivity index (χ2n) is 9.28. The summed E-state index contributed by atoms with van der Waals surface area (Å²) >= 11 is 0. The first kappa shape index (κ1) is 28.4. The Bertz CT molecular complexity index is 1560. The highest BCUT2D eigenvalue weighted by molar-refractivity contribution is 7.92. The molecule has 40 heavy (non-hydrogen) atoms. The van der Waals surface area contributed by atoms with Gasteiger partial charge in [0.1, 0.15) is 17.5 Å². The van der Waals surface area contributed by atoms with Crippen LogP contribution in [0, 0.1) is 0 Å². The molecule has 2 atom stereocenters. The molecule has 9 heteroatoms. The van der Waals surface area contributed by atoms with E-state index in [0.29, 0.717) is 17.2 Å². The molecule has 0 aliphatic rings. The number of hydrogen-bond acceptors (Lipinski definition) is 5. The van der Waals surface area contributed by atoms with Crippen molar-refractivity contribution in [3.8, 4) is 11.5 Å². The number of carbonyl (C=O) groups excluding carboxylic acids is 2. The zero-order valence-corrected chi connectivity index (χ0v) is 23.3. The molecule has 0 bridgehead atoms. The summed E-state index contributed by atoms with van der Waals surface area (Å²) in [4.78, 5) is 26.4. The predicted molar refractivity (Wildman–Crippen MR) is 157 cm³/mol. The Balaban J connectivity index is 1.51. The Labute approximate surface area is 234 Å². The molecule has 4 aromatic carbocycles. The predicted octanol–water partition coefficient (Wildman–Crippen LogP) is 5.76. The largest absolute Gasteiger partial charge is 0.457 e. The van der Waals surface area contributed by atoms with Crippen molar-refractivity contribution in [2.24, 2.45) is 0 Å². The number of rotatable bonds is 10. The summed E-state index contributed by atoms with van der Waals surface area (Å²) in [6, 6.07) is 30.4. The van der Waals surface area contributed by atoms with E-state index in [1.807, 2.05) is 67.6 Å². The molecule has 2 amide bonds. The van der Waals surface area contributed by atoms with Crippen LogP contribution in [0.3, 0.4) is 0 Å². The van der Waals surface area contributed by atoms with Gasteiger partial charge in [-0.3, -0.25) is 13.9 Å². The van der Waals surface area contributed by atoms with Gasteiger partial charge in [-0.1, -0.05) is 60.7 Å². The highest BCUT2D eigenvalue weighted by atomic mass is 32.2. The molecule has 0 heterocycles. The van der Waals surface area contributed by atoms with Gasteiger partial charge in [0.15, 0.2) is 0 Å². The first-order valence-corrected chi connectivity index (χ1v) is 14.6. The van der Waals surface area contributed by atoms with Gasteiger partial charge >= 0.3 is 0 Å². The molecule has 0 unspecified atom stereocenters. The SMILES string of the molecule is C[C@@H](NC(=O)c1ccccc1NC(=O)[C@H](C)N(c1ccc(Oc2ccccc2)cc1)S(C)(=O)=O)c1ccccc1. The van der Waals surface area contributed by atoms with E-state index in [1.54, 1.807) is 48.5 Å². The summed E-state index contributed by atoms with van der Waals surface area (Å²) in [5, 5.41) is 5.68. The third kappa shape index (κ3) is 7.06. The van der Waals surface area contributed by atoms with E-state index in [4.69, 9.17) is 4.74 Å². The average Bonchev–Trinajstić information content (AvgIpc) is 2.94. The van der Waals surface area contributed by atoms with Crippen LogP contribution in [-0.2, 0) is 14.8 Å². The fraction of sp³-hybridized carbons (Fsp3) is 0.161. The molecular weight excluding hydrogens is 526 g/mol. The number of nitrogens with one attached hydrogen (secondary N) is 2. The third-order valence-corrected chi connectivity index (χ3v) is 7.48. The van der Waals surface area contributed by atoms with Crippen molar-refractivity contribution >= 4 is 33.2 Å². The van der Waals surface area contributed by atoms with Gasteiger partial charge in [0.25, 0.3) is 5.91 Å². The van der Waals surface area contributed by atoms with Crippen LogP contribution < -0.4 is 19.7 Å². The molecule has 4 aromatic rings. The first-order valence-electron chi connectivity index (χ1n) is 12.7. The lowest BCUT2D eigenvalue weighted by Crippen LogP contribution is -2.45. The standard InChI is InChI=1S/C31H31N3O5S/c1-22(24-12-6-4-7-13-24)32-31(36)28-16-10-11-17-29(28)33-30(35)23(2)34(40(3,37)38)25-18-20-27(21-19-25)39-26-14-8-5-9-15-26/h4-23H,1-3H3,(H,32,36)(H,33,35)/t22-,23+/m1/s1. The minimum Gasteiger partial charge on any atom is -0.457 e. The van der Waals surface area contributed by atoms with Gasteiger partial charge in [0.2, 0.25) is 15.9 Å². The molecule has 0 fully saturated rings. The topological polar surface area (TPSA) is 105 Å². The number of nitrogens with zero attached hydrogens (tertiary/aromatic N) is 1. The molecule has 0 radical (unpaired) electrons. The van der Waals surface area contributed by atoms with Crippen molar-refractivity contribution in [3.63, 3.8) is 0 Å². The second-order valence-corrected chi connectivity index (χ2v) is 11.1. The van der Waals surface area contributed by atoms with Crippen molar-refractivity contribution < 1.29 is 22.7 Å². The summed E-state index contributed by atoms with van der Waals surface area (Å²) in [5.41, 5.74) is 1.78. The van der Waals surface area contributed by atoms with E-state index in [1.165, 1.54) is 6.92 Å². The number of benzene rings is 4. The van der Waals surface area contributed by atoms with Crippen molar-refractivity contribution in [1.29, 1.82) is 0 Å². The molecule has 0 spiro atoms. The molecule has 4 rings (SSSR count). The van der Waals surface area contributed by atoms with Crippen molar-refractivity contribution in [2.45, 2.75) is 25.9 Å². The van der Waals surface area contributed by atoms with E-state index in [9.17, 15) is 18.0 Å². The Kier molecular flexibility index (Phi) is 8.86. The van der Waals surface area contributed by atoms with Gasteiger partial charge in [-0.05, 0) is 67.9 Å². The van der Waals surface area contributed by atoms with Crippen LogP contribution in [0.15, 0.2) is 109 Å². The molecule has 2 N–H and O–H groups in total. The Hall–Kier alpha value is -4.63. The highest BCUT2D eigenvalue weighted by Crippen LogP contribution is 2.27. The molecule has 0 aliphatic carbocycles. The normalized spacial score (nSPS) is 12.6. The van der Waals surface area contributed by atoms with Crippen LogP contribution >= 0.6 is 0 Å². The maximum absolute atomic E-state index is 13.3. The molecule has 0 saturated carbocycles. The summed E-state index contributed by atoms with van der Waals surface area (Å²) < 4.78 is 32.4. The van der Waals surface area contributed by atoms with Crippen LogP contribution in [-0.4, -0.2) is 32.5 Å². The summed E-state index contributed by atoms with van der Waals surface area (Å²) in [6.45, 7) is 3.36. The van der Waals surface area contributed by atoms with Crippen molar-refractivity contribution in [3.05, 3.63) is 120 Å². The number of hydrogen-bond donors (Lipinski definition) is 2. The molecule has 0 aromatic heterocycles. The molecule has 8 nitrogen and oxygen atoms in total. The van der Waals surface area contributed by atoms with Crippen molar-refractivity contribution in [2.75, 3.05) is 15.9 Å². The monoisotopic (exact) mass is 557 g/mol. The molecule has 0 aliphatic heterocycles. The lowest BCUT2D eigenvalue weighted by atomic mass is 10.1. The van der Waals surface area contributed by atoms with E-state index >= 15 is 0 Å². The number of carbonyl (C=O) groups is 2. The van der Waals surface area contributed by atoms with E-state index in [2.05, 4.69) is 10.6 Å². The fourth-order valence-corrected chi connectivity index (χ4v) is 5.40. The second kappa shape index (κ2) is 12.5. The van der Waals surface area contributed by atoms with Crippen LogP contribution in [0.25, 0.3) is 0 Å². The molecular formula is C31H31N3O5S. The van der Waals surface area contributed by atoms with Gasteiger partial charge in [0, 0.05) is 0 Å². The summed E-state index contributed by atoms with van der Waals surface area (Å²) in [6.07, 6.45) is 1.04. The maximum atomic E-state index is 13.3. The lowest BCUT2D eigenvalue weighted by Gasteiger charge is -2.28. The van der Waals surface area contributed by atoms with Gasteiger partial charge in [-0.15, -0.1) is 0 Å². The summed E-state index contributed by atoms with van der Waals surface area (Å²) in [7, 11) is -3.85. The number of ether oxygens (including phenoxy) is 1. The zero-order chi connectivity index (χ0) is 28.7. The average molecular weight is 558 g/mol. The van der Waals surface area contributed by atoms with Crippen LogP contribution in [0.5, 0.6) is 11.5 Å². The van der Waals surface area contributed by atoms with Crippen molar-refractivity contribution in [1.82, 2.24) is 5.32 Å². The minimum atomic E-state index is -3.85. The Morgan fingerprint density at radius 2 is 1.30 bits per heavy atom. The number of amides is 2. The Morgan fingerprint density at radius 1 is 0.750 bits per heavy atom.